The minimum Gasteiger partial charge on any atom is -0.310 e. The number of H-pyrrole nitrogens is 1. The fourth-order valence-corrected chi connectivity index (χ4v) is 1.90. The van der Waals surface area contributed by atoms with E-state index in [1.54, 1.807) is 6.07 Å². The van der Waals surface area contributed by atoms with E-state index in [0.717, 1.165) is 11.5 Å². The zero-order valence-electron chi connectivity index (χ0n) is 11.0. The molecular formula is C15H18N2O. The van der Waals surface area contributed by atoms with Crippen LogP contribution in [0.1, 0.15) is 42.4 Å². The maximum absolute atomic E-state index is 11.6. The Balaban J connectivity index is 2.35. The molecule has 18 heavy (non-hydrogen) atoms. The van der Waals surface area contributed by atoms with Crippen LogP contribution in [0.4, 0.5) is 0 Å². The van der Waals surface area contributed by atoms with E-state index in [9.17, 15) is 4.79 Å². The first-order chi connectivity index (χ1) is 8.56. The third kappa shape index (κ3) is 2.86. The molecule has 0 atom stereocenters. The highest BCUT2D eigenvalue weighted by molar-refractivity contribution is 5.28. The number of nitrogens with zero attached hydrogens (tertiary/aromatic N) is 1. The number of benzene rings is 1. The second kappa shape index (κ2) is 5.17. The summed E-state index contributed by atoms with van der Waals surface area (Å²) in [6.07, 6.45) is 0.669. The Morgan fingerprint density at radius 1 is 1.28 bits per heavy atom. The number of hydrogen-bond acceptors (Lipinski definition) is 2. The molecule has 0 fully saturated rings. The van der Waals surface area contributed by atoms with Gasteiger partial charge < -0.3 is 4.98 Å². The first-order valence-electron chi connectivity index (χ1n) is 6.21. The zero-order valence-corrected chi connectivity index (χ0v) is 11.0. The molecule has 0 aliphatic rings. The van der Waals surface area contributed by atoms with E-state index in [1.165, 1.54) is 11.1 Å². The molecule has 1 aromatic carbocycles. The van der Waals surface area contributed by atoms with Crippen LogP contribution in [-0.2, 0) is 6.42 Å². The van der Waals surface area contributed by atoms with Gasteiger partial charge in [-0.3, -0.25) is 4.79 Å². The molecule has 0 aliphatic heterocycles. The summed E-state index contributed by atoms with van der Waals surface area (Å²) in [5.41, 5.74) is 3.19. The van der Waals surface area contributed by atoms with Crippen molar-refractivity contribution < 1.29 is 0 Å². The van der Waals surface area contributed by atoms with Crippen molar-refractivity contribution in [3.8, 4) is 0 Å². The molecule has 0 amide bonds. The molecule has 2 rings (SSSR count). The average Bonchev–Trinajstić information content (AvgIpc) is 2.31. The molecular weight excluding hydrogens is 224 g/mol. The summed E-state index contributed by atoms with van der Waals surface area (Å²) in [4.78, 5) is 18.9. The molecule has 0 saturated carbocycles. The second-order valence-electron chi connectivity index (χ2n) is 4.87. The lowest BCUT2D eigenvalue weighted by atomic mass is 10.1. The maximum Gasteiger partial charge on any atom is 0.251 e. The van der Waals surface area contributed by atoms with Crippen LogP contribution in [0.5, 0.6) is 0 Å². The summed E-state index contributed by atoms with van der Waals surface area (Å²) in [6.45, 7) is 6.15. The highest BCUT2D eigenvalue weighted by Gasteiger charge is 2.06. The number of aryl methyl sites for hydroxylation is 1. The van der Waals surface area contributed by atoms with Gasteiger partial charge in [-0.2, -0.15) is 0 Å². The largest absolute Gasteiger partial charge is 0.310 e. The Morgan fingerprint density at radius 2 is 2.00 bits per heavy atom. The van der Waals surface area contributed by atoms with Gasteiger partial charge in [-0.1, -0.05) is 38.1 Å². The summed E-state index contributed by atoms with van der Waals surface area (Å²) >= 11 is 0. The van der Waals surface area contributed by atoms with Crippen molar-refractivity contribution in [1.29, 1.82) is 0 Å². The van der Waals surface area contributed by atoms with E-state index in [-0.39, 0.29) is 11.5 Å². The van der Waals surface area contributed by atoms with Crippen molar-refractivity contribution >= 4 is 0 Å². The summed E-state index contributed by atoms with van der Waals surface area (Å²) in [5.74, 6) is 1.00. The monoisotopic (exact) mass is 242 g/mol. The summed E-state index contributed by atoms with van der Waals surface area (Å²) in [7, 11) is 0. The van der Waals surface area contributed by atoms with Gasteiger partial charge in [0, 0.05) is 12.5 Å². The van der Waals surface area contributed by atoms with E-state index in [0.29, 0.717) is 6.42 Å². The first kappa shape index (κ1) is 12.6. The summed E-state index contributed by atoms with van der Waals surface area (Å²) in [5, 5.41) is 0. The standard InChI is InChI=1S/C15H18N2O/c1-10(2)13-9-15(18)17-14(16-13)8-12-7-5-4-6-11(12)3/h4-7,9-10H,8H2,1-3H3,(H,16,17,18). The van der Waals surface area contributed by atoms with Gasteiger partial charge in [0.15, 0.2) is 0 Å². The van der Waals surface area contributed by atoms with Gasteiger partial charge in [0.2, 0.25) is 0 Å². The van der Waals surface area contributed by atoms with Crippen LogP contribution in [0.15, 0.2) is 35.1 Å². The topological polar surface area (TPSA) is 45.8 Å². The van der Waals surface area contributed by atoms with Crippen LogP contribution in [0.3, 0.4) is 0 Å². The van der Waals surface area contributed by atoms with Crippen molar-refractivity contribution in [2.45, 2.75) is 33.1 Å². The van der Waals surface area contributed by atoms with E-state index in [4.69, 9.17) is 0 Å². The quantitative estimate of drug-likeness (QED) is 0.899. The minimum absolute atomic E-state index is 0.0720. The lowest BCUT2D eigenvalue weighted by Gasteiger charge is -2.08. The highest BCUT2D eigenvalue weighted by atomic mass is 16.1. The number of aromatic amines is 1. The van der Waals surface area contributed by atoms with Gasteiger partial charge in [0.05, 0.1) is 5.69 Å². The number of aromatic nitrogens is 2. The zero-order chi connectivity index (χ0) is 13.1. The van der Waals surface area contributed by atoms with Gasteiger partial charge in [0.1, 0.15) is 5.82 Å². The third-order valence-corrected chi connectivity index (χ3v) is 3.02. The van der Waals surface area contributed by atoms with Crippen molar-refractivity contribution in [3.05, 3.63) is 63.3 Å². The van der Waals surface area contributed by atoms with Crippen LogP contribution in [0.25, 0.3) is 0 Å². The summed E-state index contributed by atoms with van der Waals surface area (Å²) in [6, 6.07) is 9.73. The fourth-order valence-electron chi connectivity index (χ4n) is 1.90. The van der Waals surface area contributed by atoms with Crippen molar-refractivity contribution in [1.82, 2.24) is 9.97 Å². The van der Waals surface area contributed by atoms with Gasteiger partial charge >= 0.3 is 0 Å². The molecule has 0 bridgehead atoms. The van der Waals surface area contributed by atoms with Crippen LogP contribution in [0, 0.1) is 6.92 Å². The van der Waals surface area contributed by atoms with Crippen molar-refractivity contribution in [3.63, 3.8) is 0 Å². The second-order valence-corrected chi connectivity index (χ2v) is 4.87. The summed E-state index contributed by atoms with van der Waals surface area (Å²) < 4.78 is 0. The van der Waals surface area contributed by atoms with Crippen molar-refractivity contribution in [2.75, 3.05) is 0 Å². The smallest absolute Gasteiger partial charge is 0.251 e. The predicted molar refractivity (Wildman–Crippen MR) is 72.9 cm³/mol. The molecule has 0 saturated heterocycles. The van der Waals surface area contributed by atoms with Gasteiger partial charge in [-0.25, -0.2) is 4.98 Å². The average molecular weight is 242 g/mol. The highest BCUT2D eigenvalue weighted by Crippen LogP contribution is 2.13. The molecule has 1 N–H and O–H groups in total. The SMILES string of the molecule is Cc1ccccc1Cc1nc(C(C)C)cc(=O)[nH]1. The van der Waals surface area contributed by atoms with E-state index >= 15 is 0 Å². The third-order valence-electron chi connectivity index (χ3n) is 3.02. The Morgan fingerprint density at radius 3 is 2.67 bits per heavy atom. The molecule has 1 heterocycles. The molecule has 1 aromatic heterocycles. The number of hydrogen-bond donors (Lipinski definition) is 1. The van der Waals surface area contributed by atoms with Gasteiger partial charge in [0.25, 0.3) is 5.56 Å². The van der Waals surface area contributed by atoms with E-state index < -0.39 is 0 Å². The van der Waals surface area contributed by atoms with E-state index in [1.807, 2.05) is 26.0 Å². The maximum atomic E-state index is 11.6. The van der Waals surface area contributed by atoms with Crippen molar-refractivity contribution in [2.24, 2.45) is 0 Å². The van der Waals surface area contributed by atoms with Crippen LogP contribution in [0.2, 0.25) is 0 Å². The van der Waals surface area contributed by atoms with Crippen LogP contribution in [-0.4, -0.2) is 9.97 Å². The fraction of sp³-hybridized carbons (Fsp3) is 0.333. The Labute approximate surface area is 107 Å². The Bertz CT molecular complexity index is 599. The Hall–Kier alpha value is -1.90. The normalized spacial score (nSPS) is 10.9. The van der Waals surface area contributed by atoms with Crippen LogP contribution < -0.4 is 5.56 Å². The predicted octanol–water partition coefficient (Wildman–Crippen LogP) is 2.79. The van der Waals surface area contributed by atoms with E-state index in [2.05, 4.69) is 29.0 Å². The van der Waals surface area contributed by atoms with Crippen LogP contribution >= 0.6 is 0 Å². The lowest BCUT2D eigenvalue weighted by Crippen LogP contribution is -2.14. The first-order valence-corrected chi connectivity index (χ1v) is 6.21. The van der Waals surface area contributed by atoms with Gasteiger partial charge in [-0.15, -0.1) is 0 Å². The molecule has 0 spiro atoms. The molecule has 3 heteroatoms. The molecule has 2 aromatic rings. The number of rotatable bonds is 3. The molecule has 0 unspecified atom stereocenters. The molecule has 0 radical (unpaired) electrons. The minimum atomic E-state index is -0.0720. The molecule has 3 nitrogen and oxygen atoms in total. The lowest BCUT2D eigenvalue weighted by molar-refractivity contribution is 0.783. The van der Waals surface area contributed by atoms with Gasteiger partial charge in [-0.05, 0) is 24.0 Å². The Kier molecular flexibility index (Phi) is 3.60. The number of nitrogens with one attached hydrogen (secondary N) is 1. The molecule has 94 valence electrons. The molecule has 0 aliphatic carbocycles.